The third kappa shape index (κ3) is 3.86. The highest BCUT2D eigenvalue weighted by Gasteiger charge is 2.30. The molecule has 0 saturated carbocycles. The average Bonchev–Trinajstić information content (AvgIpc) is 2.50. The Morgan fingerprint density at radius 2 is 1.81 bits per heavy atom. The second-order valence-electron chi connectivity index (χ2n) is 5.32. The van der Waals surface area contributed by atoms with E-state index < -0.39 is 0 Å². The summed E-state index contributed by atoms with van der Waals surface area (Å²) >= 11 is 8.06. The van der Waals surface area contributed by atoms with Gasteiger partial charge in [0.1, 0.15) is 5.16 Å². The molecule has 2 heterocycles. The van der Waals surface area contributed by atoms with Crippen molar-refractivity contribution in [1.82, 2.24) is 19.8 Å². The van der Waals surface area contributed by atoms with E-state index in [2.05, 4.69) is 47.0 Å². The fourth-order valence-electron chi connectivity index (χ4n) is 2.66. The van der Waals surface area contributed by atoms with Gasteiger partial charge in [-0.2, -0.15) is 0 Å². The van der Waals surface area contributed by atoms with Gasteiger partial charge in [0.2, 0.25) is 5.96 Å². The largest absolute Gasteiger partial charge is 0.339 e. The van der Waals surface area contributed by atoms with E-state index in [1.807, 2.05) is 0 Å². The number of hydrazine groups is 1. The lowest BCUT2D eigenvalue weighted by molar-refractivity contribution is 0.0448. The molecular formula is C14H26ClN5S. The summed E-state index contributed by atoms with van der Waals surface area (Å²) in [5, 5.41) is 5.28. The topological polar surface area (TPSA) is 25.3 Å². The minimum atomic E-state index is 0.653. The molecule has 2 aliphatic rings. The van der Waals surface area contributed by atoms with Gasteiger partial charge in [0, 0.05) is 44.2 Å². The monoisotopic (exact) mass is 331 g/mol. The molecule has 120 valence electrons. The number of nitrogens with zero attached hydrogens (tertiary/aromatic N) is 5. The van der Waals surface area contributed by atoms with Crippen LogP contribution >= 0.6 is 23.4 Å². The van der Waals surface area contributed by atoms with Crippen LogP contribution in [0.5, 0.6) is 0 Å². The minimum Gasteiger partial charge on any atom is -0.339 e. The van der Waals surface area contributed by atoms with Gasteiger partial charge in [-0.15, -0.1) is 11.8 Å². The van der Waals surface area contributed by atoms with Gasteiger partial charge in [0.15, 0.2) is 0 Å². The molecule has 0 aromatic rings. The molecule has 1 saturated heterocycles. The number of guanidine groups is 1. The van der Waals surface area contributed by atoms with Crippen molar-refractivity contribution in [2.24, 2.45) is 4.99 Å². The van der Waals surface area contributed by atoms with Gasteiger partial charge in [-0.3, -0.25) is 5.01 Å². The molecule has 0 aromatic heterocycles. The Balaban J connectivity index is 2.24. The van der Waals surface area contributed by atoms with Crippen LogP contribution in [0.2, 0.25) is 0 Å². The van der Waals surface area contributed by atoms with Crippen LogP contribution in [0, 0.1) is 0 Å². The number of likely N-dealkylation sites (N-methyl/N-ethyl adjacent to an activating group) is 1. The maximum atomic E-state index is 6.37. The Morgan fingerprint density at radius 3 is 2.33 bits per heavy atom. The summed E-state index contributed by atoms with van der Waals surface area (Å²) in [5.41, 5.74) is 0. The van der Waals surface area contributed by atoms with Crippen LogP contribution in [0.3, 0.4) is 0 Å². The van der Waals surface area contributed by atoms with Gasteiger partial charge < -0.3 is 9.80 Å². The number of aliphatic imine (C=N–C) groups is 1. The van der Waals surface area contributed by atoms with Crippen molar-refractivity contribution in [3.05, 3.63) is 10.1 Å². The van der Waals surface area contributed by atoms with Crippen LogP contribution in [0.25, 0.3) is 0 Å². The highest BCUT2D eigenvalue weighted by atomic mass is 35.5. The molecule has 0 spiro atoms. The number of halogens is 1. The summed E-state index contributed by atoms with van der Waals surface area (Å²) in [6.45, 7) is 11.3. The van der Waals surface area contributed by atoms with Crippen molar-refractivity contribution < 1.29 is 0 Å². The molecule has 0 unspecified atom stereocenters. The third-order valence-electron chi connectivity index (χ3n) is 4.06. The predicted octanol–water partition coefficient (Wildman–Crippen LogP) is 1.93. The average molecular weight is 332 g/mol. The number of piperazine rings is 1. The number of hydrogen-bond donors (Lipinski definition) is 0. The van der Waals surface area contributed by atoms with Crippen LogP contribution in [0.4, 0.5) is 0 Å². The van der Waals surface area contributed by atoms with Crippen molar-refractivity contribution in [3.8, 4) is 0 Å². The molecule has 0 bridgehead atoms. The highest BCUT2D eigenvalue weighted by Crippen LogP contribution is 2.28. The summed E-state index contributed by atoms with van der Waals surface area (Å²) in [4.78, 5) is 10.6. The van der Waals surface area contributed by atoms with E-state index in [0.29, 0.717) is 5.16 Å². The van der Waals surface area contributed by atoms with Gasteiger partial charge in [-0.1, -0.05) is 25.4 Å². The van der Waals surface area contributed by atoms with E-state index in [9.17, 15) is 0 Å². The lowest BCUT2D eigenvalue weighted by atomic mass is 10.3. The van der Waals surface area contributed by atoms with E-state index in [0.717, 1.165) is 56.7 Å². The summed E-state index contributed by atoms with van der Waals surface area (Å²) in [5.74, 6) is 1.01. The van der Waals surface area contributed by atoms with Crippen molar-refractivity contribution in [2.45, 2.75) is 13.8 Å². The first-order chi connectivity index (χ1) is 10.1. The van der Waals surface area contributed by atoms with Crippen molar-refractivity contribution in [1.29, 1.82) is 0 Å². The zero-order valence-corrected chi connectivity index (χ0v) is 15.0. The lowest BCUT2D eigenvalue weighted by Crippen LogP contribution is -2.58. The molecule has 1 fully saturated rings. The third-order valence-corrected chi connectivity index (χ3v) is 5.30. The van der Waals surface area contributed by atoms with Crippen molar-refractivity contribution >= 4 is 29.3 Å². The number of rotatable bonds is 4. The normalized spacial score (nSPS) is 21.3. The van der Waals surface area contributed by atoms with Crippen LogP contribution in [0.1, 0.15) is 13.8 Å². The van der Waals surface area contributed by atoms with E-state index in [1.54, 1.807) is 11.8 Å². The molecule has 21 heavy (non-hydrogen) atoms. The Hall–Kier alpha value is -0.430. The second-order valence-corrected chi connectivity index (χ2v) is 6.58. The molecule has 0 radical (unpaired) electrons. The fraction of sp³-hybridized carbons (Fsp3) is 0.786. The molecule has 0 aromatic carbocycles. The Morgan fingerprint density at radius 1 is 1.19 bits per heavy atom. The van der Waals surface area contributed by atoms with E-state index in [-0.39, 0.29) is 0 Å². The maximum Gasteiger partial charge on any atom is 0.218 e. The second kappa shape index (κ2) is 7.72. The van der Waals surface area contributed by atoms with Crippen LogP contribution in [-0.2, 0) is 0 Å². The summed E-state index contributed by atoms with van der Waals surface area (Å²) in [7, 11) is 2.17. The molecule has 0 aliphatic carbocycles. The van der Waals surface area contributed by atoms with E-state index >= 15 is 0 Å². The SMILES string of the molecule is CCN(CC)N1CC(SC)=C(Cl)N=C1N1CCN(C)CC1. The highest BCUT2D eigenvalue weighted by molar-refractivity contribution is 8.02. The van der Waals surface area contributed by atoms with Gasteiger partial charge in [0.25, 0.3) is 0 Å². The molecule has 5 nitrogen and oxygen atoms in total. The fourth-order valence-corrected chi connectivity index (χ4v) is 3.49. The van der Waals surface area contributed by atoms with Gasteiger partial charge >= 0.3 is 0 Å². The quantitative estimate of drug-likeness (QED) is 0.733. The predicted molar refractivity (Wildman–Crippen MR) is 92.5 cm³/mol. The maximum absolute atomic E-state index is 6.37. The number of thioether (sulfide) groups is 1. The van der Waals surface area contributed by atoms with Gasteiger partial charge in [0.05, 0.1) is 6.54 Å². The molecule has 7 heteroatoms. The lowest BCUT2D eigenvalue weighted by Gasteiger charge is -2.44. The Bertz CT molecular complexity index is 414. The summed E-state index contributed by atoms with van der Waals surface area (Å²) < 4.78 is 0. The molecule has 0 atom stereocenters. The van der Waals surface area contributed by atoms with Crippen LogP contribution in [-0.4, -0.2) is 84.9 Å². The molecular weight excluding hydrogens is 306 g/mol. The molecule has 0 amide bonds. The van der Waals surface area contributed by atoms with Crippen LogP contribution < -0.4 is 0 Å². The van der Waals surface area contributed by atoms with E-state index in [4.69, 9.17) is 16.6 Å². The Labute approximate surface area is 137 Å². The smallest absolute Gasteiger partial charge is 0.218 e. The van der Waals surface area contributed by atoms with Gasteiger partial charge in [-0.25, -0.2) is 10.0 Å². The first-order valence-electron chi connectivity index (χ1n) is 7.57. The van der Waals surface area contributed by atoms with E-state index in [1.165, 1.54) is 0 Å². The molecule has 2 aliphatic heterocycles. The standard InChI is InChI=1S/C14H26ClN5S/c1-5-19(6-2)20-11-12(21-4)13(15)16-14(20)18-9-7-17(3)8-10-18/h5-11H2,1-4H3. The summed E-state index contributed by atoms with van der Waals surface area (Å²) in [6, 6.07) is 0. The first-order valence-corrected chi connectivity index (χ1v) is 9.18. The first kappa shape index (κ1) is 16.9. The molecule has 0 N–H and O–H groups in total. The summed E-state index contributed by atoms with van der Waals surface area (Å²) in [6.07, 6.45) is 2.06. The zero-order chi connectivity index (χ0) is 15.4. The van der Waals surface area contributed by atoms with Crippen molar-refractivity contribution in [3.63, 3.8) is 0 Å². The minimum absolute atomic E-state index is 0.653. The molecule has 2 rings (SSSR count). The Kier molecular flexibility index (Phi) is 6.22. The van der Waals surface area contributed by atoms with Crippen LogP contribution in [0.15, 0.2) is 15.1 Å². The van der Waals surface area contributed by atoms with Crippen molar-refractivity contribution in [2.75, 3.05) is 59.1 Å². The van der Waals surface area contributed by atoms with Gasteiger partial charge in [-0.05, 0) is 13.3 Å². The number of hydrogen-bond acceptors (Lipinski definition) is 6. The zero-order valence-electron chi connectivity index (χ0n) is 13.5.